The Hall–Kier alpha value is -4.14. The largest absolute Gasteiger partial charge is 0.481 e. The van der Waals surface area contributed by atoms with Crippen molar-refractivity contribution in [3.05, 3.63) is 71.4 Å². The van der Waals surface area contributed by atoms with Crippen LogP contribution in [0.25, 0.3) is 11.1 Å². The number of benzene rings is 2. The van der Waals surface area contributed by atoms with Gasteiger partial charge in [-0.2, -0.15) is 0 Å². The third kappa shape index (κ3) is 3.63. The van der Waals surface area contributed by atoms with Crippen LogP contribution in [0.2, 0.25) is 0 Å². The van der Waals surface area contributed by atoms with E-state index in [0.29, 0.717) is 19.3 Å². The number of carbonyl (C=O) groups is 3. The number of carbonyl (C=O) groups excluding carboxylic acids is 2. The van der Waals surface area contributed by atoms with Crippen LogP contribution >= 0.6 is 0 Å². The number of nitrogens with zero attached hydrogens (tertiary/aromatic N) is 1. The minimum atomic E-state index is -0.796. The quantitative estimate of drug-likeness (QED) is 0.493. The zero-order valence-electron chi connectivity index (χ0n) is 18.7. The molecule has 3 aromatic rings. The number of ether oxygens (including phenoxy) is 1. The van der Waals surface area contributed by atoms with Crippen molar-refractivity contribution in [2.24, 2.45) is 11.3 Å². The maximum Gasteiger partial charge on any atom is 0.414 e. The molecule has 3 aliphatic carbocycles. The lowest BCUT2D eigenvalue weighted by Crippen LogP contribution is -2.35. The molecule has 3 aliphatic rings. The molecule has 0 unspecified atom stereocenters. The summed E-state index contributed by atoms with van der Waals surface area (Å²) in [6.45, 7) is 0.148. The van der Waals surface area contributed by atoms with Crippen LogP contribution in [0.1, 0.15) is 46.8 Å². The zero-order chi connectivity index (χ0) is 24.2. The van der Waals surface area contributed by atoms with Crippen LogP contribution in [0.4, 0.5) is 10.7 Å². The molecule has 178 valence electrons. The van der Waals surface area contributed by atoms with Crippen LogP contribution in [0.3, 0.4) is 0 Å². The van der Waals surface area contributed by atoms with E-state index in [1.54, 1.807) is 0 Å². The minimum Gasteiger partial charge on any atom is -0.481 e. The molecule has 2 amide bonds. The third-order valence-electron chi connectivity index (χ3n) is 7.48. The Morgan fingerprint density at radius 1 is 1.06 bits per heavy atom. The number of hydrogen-bond acceptors (Lipinski definition) is 6. The number of anilines is 1. The van der Waals surface area contributed by atoms with Gasteiger partial charge in [0.1, 0.15) is 6.61 Å². The van der Waals surface area contributed by atoms with Crippen LogP contribution in [-0.2, 0) is 9.53 Å². The molecule has 3 N–H and O–H groups in total. The maximum atomic E-state index is 12.5. The Labute approximate surface area is 200 Å². The van der Waals surface area contributed by atoms with Gasteiger partial charge in [-0.1, -0.05) is 53.7 Å². The topological polar surface area (TPSA) is 131 Å². The van der Waals surface area contributed by atoms with Crippen molar-refractivity contribution in [3.63, 3.8) is 0 Å². The molecule has 6 rings (SSSR count). The summed E-state index contributed by atoms with van der Waals surface area (Å²) in [5.41, 5.74) is 3.81. The molecule has 2 saturated carbocycles. The Kier molecular flexibility index (Phi) is 4.87. The molecule has 1 heterocycles. The lowest BCUT2D eigenvalue weighted by Gasteiger charge is -2.14. The van der Waals surface area contributed by atoms with Crippen molar-refractivity contribution < 1.29 is 28.8 Å². The summed E-state index contributed by atoms with van der Waals surface area (Å²) < 4.78 is 10.6. The summed E-state index contributed by atoms with van der Waals surface area (Å²) in [5.74, 6) is -1.23. The Morgan fingerprint density at radius 3 is 2.40 bits per heavy atom. The highest BCUT2D eigenvalue weighted by Gasteiger charge is 2.65. The van der Waals surface area contributed by atoms with E-state index in [2.05, 4.69) is 27.9 Å². The van der Waals surface area contributed by atoms with E-state index in [-0.39, 0.29) is 36.1 Å². The third-order valence-corrected chi connectivity index (χ3v) is 7.48. The number of rotatable bonds is 6. The number of carboxylic acids is 1. The van der Waals surface area contributed by atoms with E-state index < -0.39 is 23.4 Å². The monoisotopic (exact) mass is 473 g/mol. The lowest BCUT2D eigenvalue weighted by atomic mass is 9.98. The first kappa shape index (κ1) is 21.4. The van der Waals surface area contributed by atoms with Crippen LogP contribution in [0.5, 0.6) is 0 Å². The van der Waals surface area contributed by atoms with Crippen LogP contribution in [0, 0.1) is 11.3 Å². The van der Waals surface area contributed by atoms with Gasteiger partial charge in [0, 0.05) is 18.0 Å². The van der Waals surface area contributed by atoms with Crippen molar-refractivity contribution in [3.8, 4) is 11.1 Å². The van der Waals surface area contributed by atoms with Gasteiger partial charge in [-0.3, -0.25) is 14.9 Å². The fourth-order valence-corrected chi connectivity index (χ4v) is 5.70. The summed E-state index contributed by atoms with van der Waals surface area (Å²) in [7, 11) is 0. The molecule has 3 atom stereocenters. The molecule has 2 aromatic carbocycles. The smallest absolute Gasteiger partial charge is 0.414 e. The van der Waals surface area contributed by atoms with Crippen molar-refractivity contribution in [1.82, 2.24) is 10.5 Å². The van der Waals surface area contributed by atoms with E-state index in [4.69, 9.17) is 9.26 Å². The summed E-state index contributed by atoms with van der Waals surface area (Å²) in [5, 5.41) is 18.4. The molecular weight excluding hydrogens is 450 g/mol. The molecule has 35 heavy (non-hydrogen) atoms. The van der Waals surface area contributed by atoms with E-state index in [1.807, 2.05) is 36.4 Å². The summed E-state index contributed by atoms with van der Waals surface area (Å²) in [6, 6.07) is 17.2. The molecular formula is C26H23N3O6. The Morgan fingerprint density at radius 2 is 1.74 bits per heavy atom. The number of hydrogen-bond donors (Lipinski definition) is 3. The second-order valence-electron chi connectivity index (χ2n) is 9.50. The predicted octanol–water partition coefficient (Wildman–Crippen LogP) is 4.02. The average molecular weight is 473 g/mol. The number of aromatic nitrogens is 1. The fourth-order valence-electron chi connectivity index (χ4n) is 5.70. The highest BCUT2D eigenvalue weighted by Crippen LogP contribution is 2.63. The van der Waals surface area contributed by atoms with Gasteiger partial charge in [-0.15, -0.1) is 0 Å². The van der Waals surface area contributed by atoms with E-state index in [9.17, 15) is 19.5 Å². The molecule has 0 radical (unpaired) electrons. The average Bonchev–Trinajstić information content (AvgIpc) is 3.17. The summed E-state index contributed by atoms with van der Waals surface area (Å²) in [6.07, 6.45) is 1.02. The molecule has 9 heteroatoms. The molecule has 0 spiro atoms. The van der Waals surface area contributed by atoms with E-state index >= 15 is 0 Å². The summed E-state index contributed by atoms with van der Waals surface area (Å²) >= 11 is 0. The summed E-state index contributed by atoms with van der Waals surface area (Å²) in [4.78, 5) is 36.4. The number of nitrogens with one attached hydrogen (secondary N) is 2. The van der Waals surface area contributed by atoms with Crippen molar-refractivity contribution in [1.29, 1.82) is 0 Å². The van der Waals surface area contributed by atoms with Gasteiger partial charge in [-0.05, 0) is 47.4 Å². The van der Waals surface area contributed by atoms with Gasteiger partial charge in [-0.25, -0.2) is 4.79 Å². The standard InChI is InChI=1S/C26H23N3O6/c30-23(27-15-9-14-11-26(14,12-15)24(31)32)21-10-22(35-29-21)28-25(33)34-13-20-18-7-3-1-5-16(18)17-6-2-4-8-19(17)20/h1-8,10,14-15,20H,9,11-13H2,(H,27,30)(H,28,33)(H,31,32)/t14-,15+,26+/m0/s1. The zero-order valence-corrected chi connectivity index (χ0v) is 18.7. The number of carboxylic acid groups (broad SMARTS) is 1. The molecule has 2 fully saturated rings. The number of fused-ring (bicyclic) bond motifs is 4. The van der Waals surface area contributed by atoms with Crippen LogP contribution in [-0.4, -0.2) is 40.9 Å². The van der Waals surface area contributed by atoms with Gasteiger partial charge < -0.3 is 19.7 Å². The van der Waals surface area contributed by atoms with Gasteiger partial charge in [0.2, 0.25) is 5.88 Å². The SMILES string of the molecule is O=C(Nc1cc(C(=O)N[C@@H]2C[C@H]3C[C@@]3(C(=O)O)C2)no1)OCC1c2ccccc2-c2ccccc21. The van der Waals surface area contributed by atoms with Crippen LogP contribution in [0.15, 0.2) is 59.1 Å². The second kappa shape index (κ2) is 7.97. The van der Waals surface area contributed by atoms with Crippen molar-refractivity contribution in [2.75, 3.05) is 11.9 Å². The Balaban J connectivity index is 1.05. The fraction of sp³-hybridized carbons (Fsp3) is 0.308. The van der Waals surface area contributed by atoms with Gasteiger partial charge >= 0.3 is 12.1 Å². The minimum absolute atomic E-state index is 0.00361. The number of amides is 2. The first-order valence-electron chi connectivity index (χ1n) is 11.6. The van der Waals surface area contributed by atoms with Crippen molar-refractivity contribution >= 4 is 23.9 Å². The Bertz CT molecular complexity index is 1300. The predicted molar refractivity (Wildman–Crippen MR) is 124 cm³/mol. The first-order valence-corrected chi connectivity index (χ1v) is 11.6. The normalized spacial score (nSPS) is 23.7. The molecule has 0 bridgehead atoms. The van der Waals surface area contributed by atoms with E-state index in [1.165, 1.54) is 6.07 Å². The molecule has 9 nitrogen and oxygen atoms in total. The van der Waals surface area contributed by atoms with Crippen molar-refractivity contribution in [2.45, 2.75) is 31.2 Å². The highest BCUT2D eigenvalue weighted by molar-refractivity contribution is 5.94. The van der Waals surface area contributed by atoms with E-state index in [0.717, 1.165) is 22.3 Å². The van der Waals surface area contributed by atoms with Gasteiger partial charge in [0.25, 0.3) is 5.91 Å². The molecule has 1 aromatic heterocycles. The highest BCUT2D eigenvalue weighted by atomic mass is 16.6. The molecule has 0 aliphatic heterocycles. The van der Waals surface area contributed by atoms with Crippen LogP contribution < -0.4 is 10.6 Å². The second-order valence-corrected chi connectivity index (χ2v) is 9.50. The maximum absolute atomic E-state index is 12.5. The number of aliphatic carboxylic acids is 1. The molecule has 0 saturated heterocycles. The van der Waals surface area contributed by atoms with Gasteiger partial charge in [0.05, 0.1) is 5.41 Å². The van der Waals surface area contributed by atoms with Gasteiger partial charge in [0.15, 0.2) is 5.69 Å². The lowest BCUT2D eigenvalue weighted by molar-refractivity contribution is -0.143. The first-order chi connectivity index (χ1) is 16.9.